The first-order valence-electron chi connectivity index (χ1n) is 9.57. The fraction of sp³-hybridized carbons (Fsp3) is 0.273. The van der Waals surface area contributed by atoms with Crippen molar-refractivity contribution in [2.24, 2.45) is 0 Å². The first-order valence-corrected chi connectivity index (χ1v) is 9.57. The molecule has 28 heavy (non-hydrogen) atoms. The second-order valence-corrected chi connectivity index (χ2v) is 7.06. The van der Waals surface area contributed by atoms with E-state index < -0.39 is 0 Å². The zero-order chi connectivity index (χ0) is 19.2. The van der Waals surface area contributed by atoms with Crippen molar-refractivity contribution in [3.8, 4) is 11.4 Å². The van der Waals surface area contributed by atoms with Crippen LogP contribution in [0.5, 0.6) is 0 Å². The predicted molar refractivity (Wildman–Crippen MR) is 107 cm³/mol. The number of carbonyl (C=O) groups excluding carboxylic acids is 1. The first-order chi connectivity index (χ1) is 13.8. The highest BCUT2D eigenvalue weighted by Crippen LogP contribution is 2.15. The predicted octanol–water partition coefficient (Wildman–Crippen LogP) is 2.93. The number of benzene rings is 1. The number of nitrogens with zero attached hydrogens (tertiary/aromatic N) is 4. The van der Waals surface area contributed by atoms with Gasteiger partial charge in [-0.15, -0.1) is 0 Å². The molecule has 0 radical (unpaired) electrons. The van der Waals surface area contributed by atoms with Crippen molar-refractivity contribution in [3.05, 3.63) is 78.4 Å². The summed E-state index contributed by atoms with van der Waals surface area (Å²) in [6.45, 7) is 2.83. The maximum absolute atomic E-state index is 12.6. The summed E-state index contributed by atoms with van der Waals surface area (Å²) in [5.74, 6) is 0.471. The van der Waals surface area contributed by atoms with Crippen molar-refractivity contribution in [3.63, 3.8) is 0 Å². The van der Waals surface area contributed by atoms with Gasteiger partial charge in [0.25, 0.3) is 5.91 Å². The molecule has 1 aliphatic rings. The molecule has 0 spiro atoms. The molecule has 0 saturated carbocycles. The van der Waals surface area contributed by atoms with Gasteiger partial charge < -0.3 is 5.32 Å². The van der Waals surface area contributed by atoms with E-state index in [4.69, 9.17) is 0 Å². The third-order valence-electron chi connectivity index (χ3n) is 4.94. The van der Waals surface area contributed by atoms with Crippen LogP contribution in [0, 0.1) is 0 Å². The van der Waals surface area contributed by atoms with E-state index in [9.17, 15) is 4.79 Å². The van der Waals surface area contributed by atoms with Gasteiger partial charge in [-0.2, -0.15) is 0 Å². The Kier molecular flexibility index (Phi) is 5.68. The van der Waals surface area contributed by atoms with Crippen LogP contribution in [0.1, 0.15) is 28.8 Å². The van der Waals surface area contributed by atoms with E-state index in [0.29, 0.717) is 11.4 Å². The topological polar surface area (TPSA) is 71.0 Å². The van der Waals surface area contributed by atoms with Crippen LogP contribution < -0.4 is 5.32 Å². The quantitative estimate of drug-likeness (QED) is 0.745. The largest absolute Gasteiger partial charge is 0.348 e. The highest BCUT2D eigenvalue weighted by molar-refractivity contribution is 5.93. The van der Waals surface area contributed by atoms with Crippen LogP contribution in [0.2, 0.25) is 0 Å². The zero-order valence-corrected chi connectivity index (χ0v) is 15.7. The van der Waals surface area contributed by atoms with E-state index in [1.54, 1.807) is 24.8 Å². The second-order valence-electron chi connectivity index (χ2n) is 7.06. The van der Waals surface area contributed by atoms with Gasteiger partial charge in [-0.25, -0.2) is 9.97 Å². The van der Waals surface area contributed by atoms with Crippen molar-refractivity contribution in [1.82, 2.24) is 25.2 Å². The summed E-state index contributed by atoms with van der Waals surface area (Å²) < 4.78 is 0. The van der Waals surface area contributed by atoms with E-state index in [1.807, 2.05) is 18.2 Å². The maximum atomic E-state index is 12.6. The molecular formula is C22H23N5O. The number of likely N-dealkylation sites (tertiary alicyclic amines) is 1. The van der Waals surface area contributed by atoms with Crippen LogP contribution in [0.3, 0.4) is 0 Å². The number of piperidine rings is 1. The molecule has 1 aromatic carbocycles. The van der Waals surface area contributed by atoms with Gasteiger partial charge in [-0.3, -0.25) is 14.7 Å². The number of nitrogens with one attached hydrogen (secondary N) is 1. The Balaban J connectivity index is 1.35. The van der Waals surface area contributed by atoms with Gasteiger partial charge in [0.05, 0.1) is 5.56 Å². The molecule has 1 amide bonds. The number of rotatable bonds is 5. The van der Waals surface area contributed by atoms with Crippen molar-refractivity contribution in [1.29, 1.82) is 0 Å². The molecule has 1 saturated heterocycles. The Morgan fingerprint density at radius 3 is 2.57 bits per heavy atom. The molecule has 3 heterocycles. The summed E-state index contributed by atoms with van der Waals surface area (Å²) in [5, 5.41) is 3.14. The Labute approximate surface area is 164 Å². The lowest BCUT2D eigenvalue weighted by molar-refractivity contribution is 0.0900. The highest BCUT2D eigenvalue weighted by Gasteiger charge is 2.22. The molecule has 4 rings (SSSR count). The molecular weight excluding hydrogens is 350 g/mol. The van der Waals surface area contributed by atoms with Crippen LogP contribution in [0.15, 0.2) is 67.3 Å². The van der Waals surface area contributed by atoms with Crippen LogP contribution in [-0.4, -0.2) is 44.9 Å². The van der Waals surface area contributed by atoms with E-state index in [2.05, 4.69) is 49.4 Å². The molecule has 2 aromatic heterocycles. The average Bonchev–Trinajstić information content (AvgIpc) is 2.75. The average molecular weight is 373 g/mol. The smallest absolute Gasteiger partial charge is 0.254 e. The summed E-state index contributed by atoms with van der Waals surface area (Å²) in [6, 6.07) is 14.3. The van der Waals surface area contributed by atoms with Crippen molar-refractivity contribution < 1.29 is 4.79 Å². The van der Waals surface area contributed by atoms with Crippen LogP contribution in [0.4, 0.5) is 0 Å². The Bertz CT molecular complexity index is 899. The molecule has 6 heteroatoms. The standard InChI is InChI=1S/C22H23N5O/c28-22(19-13-24-21(25-14-19)18-8-10-23-11-9-18)26-20-7-4-12-27(16-20)15-17-5-2-1-3-6-17/h1-3,5-6,8-11,13-14,20H,4,7,12,15-16H2,(H,26,28)/t20-/m1/s1. The molecule has 1 atom stereocenters. The van der Waals surface area contributed by atoms with Gasteiger partial charge in [0.2, 0.25) is 0 Å². The van der Waals surface area contributed by atoms with Gasteiger partial charge in [0, 0.05) is 49.5 Å². The fourth-order valence-corrected chi connectivity index (χ4v) is 3.52. The van der Waals surface area contributed by atoms with Gasteiger partial charge in [-0.1, -0.05) is 30.3 Å². The molecule has 1 N–H and O–H groups in total. The van der Waals surface area contributed by atoms with Crippen molar-refractivity contribution in [2.75, 3.05) is 13.1 Å². The number of pyridine rings is 1. The molecule has 0 bridgehead atoms. The SMILES string of the molecule is O=C(N[C@@H]1CCCN(Cc2ccccc2)C1)c1cnc(-c2ccncc2)nc1. The minimum absolute atomic E-state index is 0.118. The van der Waals surface area contributed by atoms with Crippen molar-refractivity contribution in [2.45, 2.75) is 25.4 Å². The summed E-state index contributed by atoms with van der Waals surface area (Å²) >= 11 is 0. The summed E-state index contributed by atoms with van der Waals surface area (Å²) in [5.41, 5.74) is 2.67. The molecule has 142 valence electrons. The third kappa shape index (κ3) is 4.58. The Hall–Kier alpha value is -3.12. The highest BCUT2D eigenvalue weighted by atomic mass is 16.1. The number of hydrogen-bond donors (Lipinski definition) is 1. The monoisotopic (exact) mass is 373 g/mol. The lowest BCUT2D eigenvalue weighted by atomic mass is 10.0. The van der Waals surface area contributed by atoms with E-state index >= 15 is 0 Å². The van der Waals surface area contributed by atoms with Crippen molar-refractivity contribution >= 4 is 5.91 Å². The second kappa shape index (κ2) is 8.71. The lowest BCUT2D eigenvalue weighted by Gasteiger charge is -2.33. The number of hydrogen-bond acceptors (Lipinski definition) is 5. The van der Waals surface area contributed by atoms with E-state index in [1.165, 1.54) is 5.56 Å². The minimum atomic E-state index is -0.118. The van der Waals surface area contributed by atoms with Gasteiger partial charge in [-0.05, 0) is 37.1 Å². The van der Waals surface area contributed by atoms with Gasteiger partial charge in [0.1, 0.15) is 0 Å². The number of aromatic nitrogens is 3. The lowest BCUT2D eigenvalue weighted by Crippen LogP contribution is -2.47. The van der Waals surface area contributed by atoms with Crippen LogP contribution in [0.25, 0.3) is 11.4 Å². The summed E-state index contributed by atoms with van der Waals surface area (Å²) in [4.78, 5) is 27.6. The molecule has 1 fully saturated rings. The van der Waals surface area contributed by atoms with Crippen LogP contribution >= 0.6 is 0 Å². The van der Waals surface area contributed by atoms with Gasteiger partial charge >= 0.3 is 0 Å². The normalized spacial score (nSPS) is 17.2. The zero-order valence-electron chi connectivity index (χ0n) is 15.7. The number of amides is 1. The summed E-state index contributed by atoms with van der Waals surface area (Å²) in [7, 11) is 0. The number of carbonyl (C=O) groups is 1. The Morgan fingerprint density at radius 1 is 1.07 bits per heavy atom. The van der Waals surface area contributed by atoms with Gasteiger partial charge in [0.15, 0.2) is 5.82 Å². The molecule has 1 aliphatic heterocycles. The molecule has 6 nitrogen and oxygen atoms in total. The molecule has 0 aliphatic carbocycles. The molecule has 0 unspecified atom stereocenters. The minimum Gasteiger partial charge on any atom is -0.348 e. The third-order valence-corrected chi connectivity index (χ3v) is 4.94. The Morgan fingerprint density at radius 2 is 1.82 bits per heavy atom. The van der Waals surface area contributed by atoms with E-state index in [0.717, 1.165) is 38.0 Å². The first kappa shape index (κ1) is 18.3. The van der Waals surface area contributed by atoms with Crippen LogP contribution in [-0.2, 0) is 6.54 Å². The molecule has 3 aromatic rings. The fourth-order valence-electron chi connectivity index (χ4n) is 3.52. The summed E-state index contributed by atoms with van der Waals surface area (Å²) in [6.07, 6.45) is 8.64. The maximum Gasteiger partial charge on any atom is 0.254 e. The van der Waals surface area contributed by atoms with E-state index in [-0.39, 0.29) is 11.9 Å².